The zero-order valence-electron chi connectivity index (χ0n) is 8.99. The maximum atomic E-state index is 11.9. The number of nitro benzene ring substituents is 1. The summed E-state index contributed by atoms with van der Waals surface area (Å²) in [5.74, 6) is 0. The fourth-order valence-electron chi connectivity index (χ4n) is 1.30. The molecule has 20 heavy (non-hydrogen) atoms. The first kappa shape index (κ1) is 14.1. The third kappa shape index (κ3) is 2.67. The topological polar surface area (TPSA) is 122 Å². The number of halogens is 3. The van der Waals surface area contributed by atoms with E-state index in [4.69, 9.17) is 0 Å². The molecule has 1 heterocycles. The van der Waals surface area contributed by atoms with Crippen molar-refractivity contribution in [1.82, 2.24) is 5.16 Å². The first-order valence-electron chi connectivity index (χ1n) is 4.55. The Morgan fingerprint density at radius 2 is 2.10 bits per heavy atom. The predicted octanol–water partition coefficient (Wildman–Crippen LogP) is 0.928. The quantitative estimate of drug-likeness (QED) is 0.469. The molecule has 2 rings (SSSR count). The first-order chi connectivity index (χ1) is 9.19. The predicted molar refractivity (Wildman–Crippen MR) is 53.2 cm³/mol. The average Bonchev–Trinajstić information content (AvgIpc) is 2.68. The second-order valence-electron chi connectivity index (χ2n) is 3.26. The number of aromatic nitrogens is 2. The number of nitrogens with zero attached hydrogens (tertiary/aromatic N) is 3. The van der Waals surface area contributed by atoms with Crippen LogP contribution in [0.3, 0.4) is 0 Å². The molecular weight excluding hydrogens is 311 g/mol. The molecule has 1 aromatic carbocycles. The molecule has 0 aliphatic heterocycles. The van der Waals surface area contributed by atoms with Crippen molar-refractivity contribution in [3.8, 4) is 0 Å². The highest BCUT2D eigenvalue weighted by molar-refractivity contribution is 7.80. The van der Waals surface area contributed by atoms with Crippen LogP contribution in [0.4, 0.5) is 18.9 Å². The summed E-state index contributed by atoms with van der Waals surface area (Å²) < 4.78 is 54.4. The number of rotatable bonds is 3. The van der Waals surface area contributed by atoms with Crippen LogP contribution in [0, 0.1) is 15.3 Å². The molecule has 108 valence electrons. The van der Waals surface area contributed by atoms with Crippen molar-refractivity contribution in [1.29, 1.82) is 0 Å². The van der Waals surface area contributed by atoms with E-state index in [2.05, 4.69) is 14.0 Å². The molecule has 0 fully saturated rings. The van der Waals surface area contributed by atoms with Gasteiger partial charge in [-0.05, 0) is 4.90 Å². The molecule has 0 amide bonds. The van der Waals surface area contributed by atoms with Crippen LogP contribution in [0.25, 0.3) is 11.0 Å². The van der Waals surface area contributed by atoms with Crippen molar-refractivity contribution in [2.24, 2.45) is 0 Å². The molecule has 0 radical (unpaired) electrons. The number of nitro groups is 1. The smallest absolute Gasteiger partial charge is 0.359 e. The molecule has 0 N–H and O–H groups in total. The van der Waals surface area contributed by atoms with Gasteiger partial charge in [0.15, 0.2) is 11.1 Å². The Bertz CT molecular complexity index is 714. The lowest BCUT2D eigenvalue weighted by Crippen LogP contribution is -2.23. The minimum Gasteiger partial charge on any atom is -0.359 e. The van der Waals surface area contributed by atoms with E-state index in [0.717, 1.165) is 0 Å². The molecule has 13 heteroatoms. The number of fused-ring (bicyclic) bond motifs is 1. The van der Waals surface area contributed by atoms with Gasteiger partial charge in [0.2, 0.25) is 5.52 Å². The van der Waals surface area contributed by atoms with Crippen molar-refractivity contribution in [3.63, 3.8) is 0 Å². The summed E-state index contributed by atoms with van der Waals surface area (Å²) in [6.45, 7) is 0. The average molecular weight is 313 g/mol. The van der Waals surface area contributed by atoms with Gasteiger partial charge in [0.05, 0.1) is 15.0 Å². The van der Waals surface area contributed by atoms with Crippen LogP contribution in [0.1, 0.15) is 0 Å². The Labute approximate surface area is 108 Å². The molecule has 0 aliphatic carbocycles. The normalized spacial score (nSPS) is 13.6. The monoisotopic (exact) mass is 313 g/mol. The third-order valence-electron chi connectivity index (χ3n) is 2.01. The summed E-state index contributed by atoms with van der Waals surface area (Å²) >= 11 is -3.08. The van der Waals surface area contributed by atoms with Crippen LogP contribution in [0.2, 0.25) is 0 Å². The number of non-ortho nitro benzene ring substituents is 1. The molecule has 9 nitrogen and oxygen atoms in total. The van der Waals surface area contributed by atoms with Crippen molar-refractivity contribution in [3.05, 3.63) is 27.5 Å². The van der Waals surface area contributed by atoms with E-state index in [1.54, 1.807) is 0 Å². The maximum absolute atomic E-state index is 11.9. The van der Waals surface area contributed by atoms with Crippen LogP contribution >= 0.6 is 0 Å². The van der Waals surface area contributed by atoms with Gasteiger partial charge < -0.3 is 5.21 Å². The second-order valence-corrected chi connectivity index (χ2v) is 4.37. The Morgan fingerprint density at radius 1 is 1.45 bits per heavy atom. The molecule has 0 saturated carbocycles. The minimum absolute atomic E-state index is 0.267. The molecule has 0 aliphatic rings. The molecule has 0 saturated heterocycles. The van der Waals surface area contributed by atoms with E-state index < -0.39 is 44.0 Å². The van der Waals surface area contributed by atoms with Gasteiger partial charge >= 0.3 is 17.6 Å². The Hall–Kier alpha value is -2.28. The van der Waals surface area contributed by atoms with Gasteiger partial charge in [0.1, 0.15) is 0 Å². The number of hydrogen-bond acceptors (Lipinski definition) is 7. The number of hydrogen-bond donors (Lipinski definition) is 0. The van der Waals surface area contributed by atoms with E-state index in [-0.39, 0.29) is 4.90 Å². The van der Waals surface area contributed by atoms with Gasteiger partial charge in [-0.25, -0.2) is 4.21 Å². The van der Waals surface area contributed by atoms with Gasteiger partial charge in [0.25, 0.3) is 0 Å². The summed E-state index contributed by atoms with van der Waals surface area (Å²) in [5, 5.41) is 24.9. The SMILES string of the molecule is O=[N+]([O-])c1cc(S(=O)OC(F)(F)F)cc2c1no[n+]2[O-]. The first-order valence-corrected chi connectivity index (χ1v) is 5.62. The fourth-order valence-corrected chi connectivity index (χ4v) is 1.99. The van der Waals surface area contributed by atoms with Crippen LogP contribution in [0.5, 0.6) is 0 Å². The van der Waals surface area contributed by atoms with Gasteiger partial charge in [-0.2, -0.15) is 4.18 Å². The molecule has 1 aromatic heterocycles. The lowest BCUT2D eigenvalue weighted by molar-refractivity contribution is -0.782. The van der Waals surface area contributed by atoms with Gasteiger partial charge in [-0.3, -0.25) is 14.7 Å². The highest BCUT2D eigenvalue weighted by Crippen LogP contribution is 2.28. The van der Waals surface area contributed by atoms with Crippen LogP contribution < -0.4 is 4.90 Å². The van der Waals surface area contributed by atoms with Crippen molar-refractivity contribution in [2.75, 3.05) is 0 Å². The van der Waals surface area contributed by atoms with Crippen LogP contribution in [-0.2, 0) is 15.3 Å². The maximum Gasteiger partial charge on any atom is 0.535 e. The van der Waals surface area contributed by atoms with Crippen molar-refractivity contribution < 1.29 is 36.0 Å². The van der Waals surface area contributed by atoms with Crippen LogP contribution in [-0.4, -0.2) is 20.7 Å². The summed E-state index contributed by atoms with van der Waals surface area (Å²) in [5.41, 5.74) is -1.87. The number of alkyl halides is 3. The van der Waals surface area contributed by atoms with Gasteiger partial charge in [0, 0.05) is 12.1 Å². The Kier molecular flexibility index (Phi) is 3.31. The molecule has 1 atom stereocenters. The van der Waals surface area contributed by atoms with Crippen molar-refractivity contribution in [2.45, 2.75) is 11.3 Å². The summed E-state index contributed by atoms with van der Waals surface area (Å²) in [6, 6.07) is 1.24. The zero-order chi connectivity index (χ0) is 15.1. The largest absolute Gasteiger partial charge is 0.535 e. The lowest BCUT2D eigenvalue weighted by Gasteiger charge is -2.05. The van der Waals surface area contributed by atoms with E-state index in [1.165, 1.54) is 0 Å². The van der Waals surface area contributed by atoms with E-state index in [9.17, 15) is 32.7 Å². The second kappa shape index (κ2) is 4.68. The summed E-state index contributed by atoms with van der Waals surface area (Å²) in [7, 11) is 0. The Balaban J connectivity index is 2.57. The summed E-state index contributed by atoms with van der Waals surface area (Å²) in [6.07, 6.45) is -5.21. The highest BCUT2D eigenvalue weighted by atomic mass is 32.2. The van der Waals surface area contributed by atoms with Crippen molar-refractivity contribution >= 4 is 27.8 Å². The van der Waals surface area contributed by atoms with E-state index in [1.807, 2.05) is 0 Å². The van der Waals surface area contributed by atoms with Gasteiger partial charge in [-0.15, -0.1) is 13.2 Å². The minimum atomic E-state index is -5.21. The molecule has 0 bridgehead atoms. The van der Waals surface area contributed by atoms with E-state index in [0.29, 0.717) is 12.1 Å². The molecule has 0 spiro atoms. The number of benzene rings is 1. The lowest BCUT2D eigenvalue weighted by atomic mass is 10.3. The summed E-state index contributed by atoms with van der Waals surface area (Å²) in [4.78, 5) is 8.73. The van der Waals surface area contributed by atoms with Gasteiger partial charge in [-0.1, -0.05) is 0 Å². The molecular formula is C7H2F3N3O6S. The zero-order valence-corrected chi connectivity index (χ0v) is 9.80. The fraction of sp³-hybridized carbons (Fsp3) is 0.143. The van der Waals surface area contributed by atoms with E-state index >= 15 is 0 Å². The molecule has 2 aromatic rings. The standard InChI is InChI=1S/C7H2F3N3O6S/c8-7(9,10)18-20(17)3-1-4(12(14)15)6-5(2-3)13(16)19-11-6/h1-2H. The van der Waals surface area contributed by atoms with Crippen LogP contribution in [0.15, 0.2) is 21.7 Å². The third-order valence-corrected chi connectivity index (χ3v) is 2.97. The Morgan fingerprint density at radius 3 is 2.65 bits per heavy atom. The molecule has 1 unspecified atom stereocenters. The highest BCUT2D eigenvalue weighted by Gasteiger charge is 2.35.